The monoisotopic (exact) mass is 228 g/mol. The topological polar surface area (TPSA) is 15.3 Å². The van der Waals surface area contributed by atoms with Gasteiger partial charge in [0.1, 0.15) is 0 Å². The van der Waals surface area contributed by atoms with Gasteiger partial charge in [0.25, 0.3) is 0 Å². The summed E-state index contributed by atoms with van der Waals surface area (Å²) in [5.41, 5.74) is 0.628. The van der Waals surface area contributed by atoms with Crippen LogP contribution in [0.15, 0.2) is 0 Å². The van der Waals surface area contributed by atoms with Crippen LogP contribution in [0.5, 0.6) is 0 Å². The maximum atomic E-state index is 3.56. The molecule has 0 bridgehead atoms. The molecule has 1 unspecified atom stereocenters. The van der Waals surface area contributed by atoms with Gasteiger partial charge in [0.05, 0.1) is 0 Å². The molecule has 0 heterocycles. The van der Waals surface area contributed by atoms with Crippen LogP contribution in [0.25, 0.3) is 0 Å². The fourth-order valence-corrected chi connectivity index (χ4v) is 1.95. The molecule has 0 saturated heterocycles. The molecule has 1 N–H and O–H groups in total. The lowest BCUT2D eigenvalue weighted by Crippen LogP contribution is -2.41. The smallest absolute Gasteiger partial charge is 0.00966 e. The Labute approximate surface area is 103 Å². The van der Waals surface area contributed by atoms with Crippen molar-refractivity contribution in [1.29, 1.82) is 0 Å². The first-order valence-corrected chi connectivity index (χ1v) is 6.43. The van der Waals surface area contributed by atoms with Crippen molar-refractivity contribution in [3.8, 4) is 0 Å². The molecule has 2 nitrogen and oxygen atoms in total. The highest BCUT2D eigenvalue weighted by molar-refractivity contribution is 4.74. The standard InChI is InChI=1S/C14H32N2/c1-12(9-15-14(5,6)7)10-16(8)11-13(2,3)4/h12,15H,9-11H2,1-8H3. The molecule has 0 saturated carbocycles. The summed E-state index contributed by atoms with van der Waals surface area (Å²) in [5.74, 6) is 0.701. The third-order valence-electron chi connectivity index (χ3n) is 2.35. The van der Waals surface area contributed by atoms with Gasteiger partial charge in [-0.15, -0.1) is 0 Å². The van der Waals surface area contributed by atoms with Crippen molar-refractivity contribution in [1.82, 2.24) is 10.2 Å². The van der Waals surface area contributed by atoms with Gasteiger partial charge in [0.2, 0.25) is 0 Å². The third kappa shape index (κ3) is 10.4. The zero-order valence-corrected chi connectivity index (χ0v) is 12.6. The minimum absolute atomic E-state index is 0.233. The molecular formula is C14H32N2. The fraction of sp³-hybridized carbons (Fsp3) is 1.00. The molecule has 0 radical (unpaired) electrons. The number of nitrogens with zero attached hydrogens (tertiary/aromatic N) is 1. The van der Waals surface area contributed by atoms with Gasteiger partial charge in [0.15, 0.2) is 0 Å². The van der Waals surface area contributed by atoms with Crippen LogP contribution in [0, 0.1) is 11.3 Å². The van der Waals surface area contributed by atoms with Gasteiger partial charge in [-0.05, 0) is 45.7 Å². The van der Waals surface area contributed by atoms with Crippen LogP contribution < -0.4 is 5.32 Å². The van der Waals surface area contributed by atoms with Crippen LogP contribution >= 0.6 is 0 Å². The van der Waals surface area contributed by atoms with Gasteiger partial charge >= 0.3 is 0 Å². The normalized spacial score (nSPS) is 15.6. The zero-order chi connectivity index (χ0) is 13.0. The number of hydrogen-bond acceptors (Lipinski definition) is 2. The Morgan fingerprint density at radius 1 is 1.06 bits per heavy atom. The van der Waals surface area contributed by atoms with Crippen LogP contribution in [0.3, 0.4) is 0 Å². The van der Waals surface area contributed by atoms with E-state index < -0.39 is 0 Å². The number of hydrogen-bond donors (Lipinski definition) is 1. The van der Waals surface area contributed by atoms with E-state index in [1.165, 1.54) is 6.54 Å². The molecule has 2 heteroatoms. The Bertz CT molecular complexity index is 186. The molecular weight excluding hydrogens is 196 g/mol. The molecule has 16 heavy (non-hydrogen) atoms. The summed E-state index contributed by atoms with van der Waals surface area (Å²) in [6.07, 6.45) is 0. The maximum Gasteiger partial charge on any atom is 0.00966 e. The Morgan fingerprint density at radius 3 is 1.94 bits per heavy atom. The highest BCUT2D eigenvalue weighted by Gasteiger charge is 2.16. The average Bonchev–Trinajstić information content (AvgIpc) is 1.95. The second-order valence-corrected chi connectivity index (χ2v) is 7.49. The van der Waals surface area contributed by atoms with E-state index in [0.29, 0.717) is 11.3 Å². The summed E-state index contributed by atoms with van der Waals surface area (Å²) in [6, 6.07) is 0. The minimum Gasteiger partial charge on any atom is -0.312 e. The zero-order valence-electron chi connectivity index (χ0n) is 12.6. The average molecular weight is 228 g/mol. The SMILES string of the molecule is CC(CNC(C)(C)C)CN(C)CC(C)(C)C. The van der Waals surface area contributed by atoms with Crippen molar-refractivity contribution in [2.45, 2.75) is 54.0 Å². The van der Waals surface area contributed by atoms with Gasteiger partial charge in [-0.3, -0.25) is 0 Å². The van der Waals surface area contributed by atoms with E-state index in [1.807, 2.05) is 0 Å². The highest BCUT2D eigenvalue weighted by Crippen LogP contribution is 2.14. The fourth-order valence-electron chi connectivity index (χ4n) is 1.95. The molecule has 0 rings (SSSR count). The van der Waals surface area contributed by atoms with Gasteiger partial charge in [-0.2, -0.15) is 0 Å². The lowest BCUT2D eigenvalue weighted by Gasteiger charge is -2.30. The lowest BCUT2D eigenvalue weighted by molar-refractivity contribution is 0.198. The molecule has 0 aromatic rings. The van der Waals surface area contributed by atoms with Crippen molar-refractivity contribution >= 4 is 0 Å². The van der Waals surface area contributed by atoms with Gasteiger partial charge in [-0.25, -0.2) is 0 Å². The molecule has 1 atom stereocenters. The van der Waals surface area contributed by atoms with E-state index in [0.717, 1.165) is 13.1 Å². The molecule has 0 aromatic carbocycles. The van der Waals surface area contributed by atoms with Gasteiger partial charge < -0.3 is 10.2 Å². The van der Waals surface area contributed by atoms with E-state index in [-0.39, 0.29) is 5.54 Å². The van der Waals surface area contributed by atoms with E-state index in [9.17, 15) is 0 Å². The van der Waals surface area contributed by atoms with Crippen molar-refractivity contribution in [2.75, 3.05) is 26.7 Å². The van der Waals surface area contributed by atoms with Crippen LogP contribution in [0.4, 0.5) is 0 Å². The number of nitrogens with one attached hydrogen (secondary N) is 1. The summed E-state index contributed by atoms with van der Waals surface area (Å²) in [6.45, 7) is 19.3. The molecule has 0 aliphatic heterocycles. The van der Waals surface area contributed by atoms with E-state index in [1.54, 1.807) is 0 Å². The van der Waals surface area contributed by atoms with Crippen LogP contribution in [0.1, 0.15) is 48.5 Å². The Balaban J connectivity index is 3.83. The first-order chi connectivity index (χ1) is 6.99. The molecule has 0 aliphatic carbocycles. The molecule has 0 fully saturated rings. The molecule has 0 amide bonds. The Kier molecular flexibility index (Phi) is 5.99. The van der Waals surface area contributed by atoms with E-state index in [2.05, 4.69) is 65.7 Å². The quantitative estimate of drug-likeness (QED) is 0.778. The van der Waals surface area contributed by atoms with Crippen molar-refractivity contribution in [2.24, 2.45) is 11.3 Å². The molecule has 98 valence electrons. The van der Waals surface area contributed by atoms with E-state index in [4.69, 9.17) is 0 Å². The summed E-state index contributed by atoms with van der Waals surface area (Å²) < 4.78 is 0. The van der Waals surface area contributed by atoms with E-state index >= 15 is 0 Å². The van der Waals surface area contributed by atoms with Gasteiger partial charge in [-0.1, -0.05) is 27.7 Å². The molecule has 0 aliphatic rings. The molecule has 0 aromatic heterocycles. The minimum atomic E-state index is 0.233. The molecule has 0 spiro atoms. The van der Waals surface area contributed by atoms with Crippen LogP contribution in [0.2, 0.25) is 0 Å². The number of rotatable bonds is 5. The van der Waals surface area contributed by atoms with Gasteiger partial charge in [0, 0.05) is 18.6 Å². The first-order valence-electron chi connectivity index (χ1n) is 6.43. The largest absolute Gasteiger partial charge is 0.312 e. The van der Waals surface area contributed by atoms with Crippen LogP contribution in [-0.4, -0.2) is 37.1 Å². The second kappa shape index (κ2) is 6.02. The van der Waals surface area contributed by atoms with Crippen LogP contribution in [-0.2, 0) is 0 Å². The maximum absolute atomic E-state index is 3.56. The van der Waals surface area contributed by atoms with Crippen molar-refractivity contribution < 1.29 is 0 Å². The summed E-state index contributed by atoms with van der Waals surface area (Å²) in [5, 5.41) is 3.56. The summed E-state index contributed by atoms with van der Waals surface area (Å²) in [4.78, 5) is 2.44. The first kappa shape index (κ1) is 15.9. The van der Waals surface area contributed by atoms with Crippen molar-refractivity contribution in [3.63, 3.8) is 0 Å². The Hall–Kier alpha value is -0.0800. The highest BCUT2D eigenvalue weighted by atomic mass is 15.1. The third-order valence-corrected chi connectivity index (χ3v) is 2.35. The lowest BCUT2D eigenvalue weighted by atomic mass is 9.96. The summed E-state index contributed by atoms with van der Waals surface area (Å²) >= 11 is 0. The predicted molar refractivity (Wildman–Crippen MR) is 73.9 cm³/mol. The Morgan fingerprint density at radius 2 is 1.56 bits per heavy atom. The summed E-state index contributed by atoms with van der Waals surface area (Å²) in [7, 11) is 2.22. The predicted octanol–water partition coefficient (Wildman–Crippen LogP) is 2.99. The second-order valence-electron chi connectivity index (χ2n) is 7.49. The van der Waals surface area contributed by atoms with Crippen molar-refractivity contribution in [3.05, 3.63) is 0 Å².